The quantitative estimate of drug-likeness (QED) is 0.506. The number of carboxylic acid groups (broad SMARTS) is 1. The molecule has 0 amide bonds. The van der Waals surface area contributed by atoms with Crippen molar-refractivity contribution < 1.29 is 9.90 Å². The Morgan fingerprint density at radius 2 is 1.67 bits per heavy atom. The molecule has 126 valence electrons. The molecule has 0 radical (unpaired) electrons. The molecule has 0 aliphatic carbocycles. The van der Waals surface area contributed by atoms with Gasteiger partial charge in [-0.05, 0) is 47.8 Å². The number of hydrogen-bond acceptors (Lipinski definition) is 4. The lowest BCUT2D eigenvalue weighted by Crippen LogP contribution is -2.23. The van der Waals surface area contributed by atoms with Gasteiger partial charge in [-0.15, -0.1) is 4.91 Å². The van der Waals surface area contributed by atoms with Crippen molar-refractivity contribution in [3.8, 4) is 0 Å². The van der Waals surface area contributed by atoms with E-state index in [2.05, 4.69) is 22.2 Å². The molecule has 24 heavy (non-hydrogen) atoms. The Morgan fingerprint density at radius 3 is 2.29 bits per heavy atom. The molecular weight excluding hydrogens is 304 g/mol. The summed E-state index contributed by atoms with van der Waals surface area (Å²) in [7, 11) is 0. The smallest absolute Gasteiger partial charge is 0.303 e. The second kappa shape index (κ2) is 9.45. The van der Waals surface area contributed by atoms with E-state index in [-0.39, 0.29) is 6.42 Å². The van der Waals surface area contributed by atoms with Gasteiger partial charge in [0.25, 0.3) is 0 Å². The number of rotatable bonds is 10. The van der Waals surface area contributed by atoms with E-state index in [1.165, 1.54) is 5.56 Å². The van der Waals surface area contributed by atoms with Gasteiger partial charge in [-0.3, -0.25) is 4.79 Å². The Bertz CT molecular complexity index is 641. The number of anilines is 1. The molecule has 0 spiro atoms. The minimum absolute atomic E-state index is 0.221. The van der Waals surface area contributed by atoms with E-state index in [9.17, 15) is 9.70 Å². The van der Waals surface area contributed by atoms with Crippen molar-refractivity contribution in [3.05, 3.63) is 65.1 Å². The van der Waals surface area contributed by atoms with Crippen LogP contribution in [0.25, 0.3) is 0 Å². The van der Waals surface area contributed by atoms with E-state index >= 15 is 0 Å². The third kappa shape index (κ3) is 5.83. The van der Waals surface area contributed by atoms with Gasteiger partial charge >= 0.3 is 5.97 Å². The third-order valence-corrected chi connectivity index (χ3v) is 3.86. The van der Waals surface area contributed by atoms with E-state index in [0.717, 1.165) is 31.6 Å². The van der Waals surface area contributed by atoms with Gasteiger partial charge in [0, 0.05) is 25.2 Å². The number of carboxylic acids is 1. The van der Waals surface area contributed by atoms with Crippen molar-refractivity contribution in [2.75, 3.05) is 11.4 Å². The van der Waals surface area contributed by atoms with Crippen LogP contribution in [0.4, 0.5) is 11.4 Å². The maximum Gasteiger partial charge on any atom is 0.303 e. The van der Waals surface area contributed by atoms with Gasteiger partial charge in [-0.1, -0.05) is 36.8 Å². The van der Waals surface area contributed by atoms with E-state index in [4.69, 9.17) is 5.11 Å². The minimum atomic E-state index is -0.743. The maximum atomic E-state index is 10.6. The van der Waals surface area contributed by atoms with Crippen LogP contribution in [-0.4, -0.2) is 17.6 Å². The second-order valence-electron chi connectivity index (χ2n) is 5.72. The lowest BCUT2D eigenvalue weighted by atomic mass is 10.1. The molecule has 0 unspecified atom stereocenters. The van der Waals surface area contributed by atoms with Gasteiger partial charge < -0.3 is 10.0 Å². The van der Waals surface area contributed by atoms with Crippen molar-refractivity contribution >= 4 is 17.3 Å². The van der Waals surface area contributed by atoms with Gasteiger partial charge in [0.15, 0.2) is 0 Å². The predicted molar refractivity (Wildman–Crippen MR) is 95.5 cm³/mol. The second-order valence-corrected chi connectivity index (χ2v) is 5.72. The van der Waals surface area contributed by atoms with E-state index in [1.54, 1.807) is 12.1 Å². The van der Waals surface area contributed by atoms with Crippen LogP contribution in [0.2, 0.25) is 0 Å². The molecule has 0 heterocycles. The largest absolute Gasteiger partial charge is 0.481 e. The maximum absolute atomic E-state index is 10.6. The third-order valence-electron chi connectivity index (χ3n) is 3.86. The van der Waals surface area contributed by atoms with Gasteiger partial charge in [0.1, 0.15) is 5.69 Å². The van der Waals surface area contributed by atoms with Gasteiger partial charge in [0.2, 0.25) is 0 Å². The zero-order chi connectivity index (χ0) is 17.2. The SMILES string of the molecule is O=Nc1ccc(N(CCCCCC(=O)O)Cc2ccccc2)cc1. The van der Waals surface area contributed by atoms with Crippen LogP contribution < -0.4 is 4.90 Å². The molecule has 0 aliphatic rings. The first-order valence-corrected chi connectivity index (χ1v) is 8.13. The fraction of sp³-hybridized carbons (Fsp3) is 0.316. The number of nitrogens with zero attached hydrogens (tertiary/aromatic N) is 2. The van der Waals surface area contributed by atoms with Crippen LogP contribution in [0, 0.1) is 4.91 Å². The van der Waals surface area contributed by atoms with Crippen molar-refractivity contribution in [1.82, 2.24) is 0 Å². The molecule has 0 saturated heterocycles. The zero-order valence-corrected chi connectivity index (χ0v) is 13.6. The van der Waals surface area contributed by atoms with E-state index in [1.807, 2.05) is 30.3 Å². The van der Waals surface area contributed by atoms with Crippen LogP contribution in [0.1, 0.15) is 31.2 Å². The lowest BCUT2D eigenvalue weighted by molar-refractivity contribution is -0.137. The number of nitroso groups, excluding NO2 is 1. The van der Waals surface area contributed by atoms with Crippen LogP contribution in [0.15, 0.2) is 59.8 Å². The number of carbonyl (C=O) groups is 1. The monoisotopic (exact) mass is 326 g/mol. The topological polar surface area (TPSA) is 70.0 Å². The summed E-state index contributed by atoms with van der Waals surface area (Å²) in [5.41, 5.74) is 2.66. The number of aliphatic carboxylic acids is 1. The molecule has 0 fully saturated rings. The molecule has 0 atom stereocenters. The highest BCUT2D eigenvalue weighted by atomic mass is 16.4. The van der Waals surface area contributed by atoms with Gasteiger partial charge in [0.05, 0.1) is 0 Å². The summed E-state index contributed by atoms with van der Waals surface area (Å²) in [6, 6.07) is 17.4. The Labute approximate surface area is 141 Å². The van der Waals surface area contributed by atoms with E-state index < -0.39 is 5.97 Å². The van der Waals surface area contributed by atoms with Gasteiger partial charge in [-0.2, -0.15) is 0 Å². The molecule has 2 aromatic rings. The number of benzene rings is 2. The summed E-state index contributed by atoms with van der Waals surface area (Å²) in [4.78, 5) is 23.4. The van der Waals surface area contributed by atoms with Crippen molar-refractivity contribution in [3.63, 3.8) is 0 Å². The molecule has 0 bridgehead atoms. The van der Waals surface area contributed by atoms with Crippen LogP contribution in [0.3, 0.4) is 0 Å². The first kappa shape index (κ1) is 17.7. The molecule has 0 saturated carbocycles. The molecule has 5 heteroatoms. The Morgan fingerprint density at radius 1 is 0.958 bits per heavy atom. The molecule has 5 nitrogen and oxygen atoms in total. The first-order chi connectivity index (χ1) is 11.7. The highest BCUT2D eigenvalue weighted by Gasteiger charge is 2.08. The highest BCUT2D eigenvalue weighted by molar-refractivity contribution is 5.66. The van der Waals surface area contributed by atoms with Gasteiger partial charge in [-0.25, -0.2) is 0 Å². The molecule has 0 aliphatic heterocycles. The van der Waals surface area contributed by atoms with Crippen LogP contribution >= 0.6 is 0 Å². The summed E-state index contributed by atoms with van der Waals surface area (Å²) in [5, 5.41) is 11.6. The summed E-state index contributed by atoms with van der Waals surface area (Å²) in [6.45, 7) is 1.61. The summed E-state index contributed by atoms with van der Waals surface area (Å²) in [5.74, 6) is -0.743. The molecule has 2 rings (SSSR count). The number of hydrogen-bond donors (Lipinski definition) is 1. The van der Waals surface area contributed by atoms with Crippen molar-refractivity contribution in [1.29, 1.82) is 0 Å². The average molecular weight is 326 g/mol. The normalized spacial score (nSPS) is 10.3. The fourth-order valence-corrected chi connectivity index (χ4v) is 2.58. The van der Waals surface area contributed by atoms with Crippen molar-refractivity contribution in [2.24, 2.45) is 5.18 Å². The average Bonchev–Trinajstić information content (AvgIpc) is 2.61. The Kier molecular flexibility index (Phi) is 6.95. The van der Waals surface area contributed by atoms with Crippen LogP contribution in [0.5, 0.6) is 0 Å². The van der Waals surface area contributed by atoms with Crippen molar-refractivity contribution in [2.45, 2.75) is 32.2 Å². The van der Waals surface area contributed by atoms with E-state index in [0.29, 0.717) is 12.1 Å². The Balaban J connectivity index is 2.00. The summed E-state index contributed by atoms with van der Waals surface area (Å²) >= 11 is 0. The molecule has 1 N–H and O–H groups in total. The fourth-order valence-electron chi connectivity index (χ4n) is 2.58. The summed E-state index contributed by atoms with van der Waals surface area (Å²) < 4.78 is 0. The molecule has 0 aromatic heterocycles. The molecular formula is C19H22N2O3. The molecule has 2 aromatic carbocycles. The summed E-state index contributed by atoms with van der Waals surface area (Å²) in [6.07, 6.45) is 2.72. The number of unbranched alkanes of at least 4 members (excludes halogenated alkanes) is 2. The Hall–Kier alpha value is -2.69. The highest BCUT2D eigenvalue weighted by Crippen LogP contribution is 2.22. The zero-order valence-electron chi connectivity index (χ0n) is 13.6. The predicted octanol–water partition coefficient (Wildman–Crippen LogP) is 4.74. The first-order valence-electron chi connectivity index (χ1n) is 8.13. The standard InChI is InChI=1S/C19H22N2O3/c22-19(23)9-5-2-6-14-21(15-16-7-3-1-4-8-16)18-12-10-17(20-24)11-13-18/h1,3-4,7-8,10-13H,2,5-6,9,14-15H2,(H,22,23). The lowest BCUT2D eigenvalue weighted by Gasteiger charge is -2.25. The minimum Gasteiger partial charge on any atom is -0.481 e. The van der Waals surface area contributed by atoms with Crippen LogP contribution in [-0.2, 0) is 11.3 Å².